The summed E-state index contributed by atoms with van der Waals surface area (Å²) in [4.78, 5) is 0. The molecule has 0 aromatic heterocycles. The molecule has 19 heavy (non-hydrogen) atoms. The fourth-order valence-corrected chi connectivity index (χ4v) is 2.49. The topological polar surface area (TPSA) is 35.2 Å². The fourth-order valence-electron chi connectivity index (χ4n) is 2.30. The van der Waals surface area contributed by atoms with Crippen LogP contribution < -0.4 is 10.5 Å². The van der Waals surface area contributed by atoms with Crippen molar-refractivity contribution in [1.29, 1.82) is 0 Å². The van der Waals surface area contributed by atoms with Crippen LogP contribution in [0.5, 0.6) is 5.75 Å². The van der Waals surface area contributed by atoms with Crippen molar-refractivity contribution in [2.24, 2.45) is 5.73 Å². The van der Waals surface area contributed by atoms with Gasteiger partial charge in [-0.15, -0.1) is 0 Å². The van der Waals surface area contributed by atoms with Crippen molar-refractivity contribution in [3.63, 3.8) is 0 Å². The van der Waals surface area contributed by atoms with Crippen LogP contribution in [-0.2, 0) is 6.42 Å². The normalized spacial score (nSPS) is 14.9. The quantitative estimate of drug-likeness (QED) is 0.912. The SMILES string of the molecule is NC(c1ccc(F)c(Cl)c1)c1ccc2c(c1)CCO2. The molecule has 4 heteroatoms. The molecule has 2 aromatic rings. The Morgan fingerprint density at radius 2 is 1.89 bits per heavy atom. The Morgan fingerprint density at radius 3 is 2.68 bits per heavy atom. The van der Waals surface area contributed by atoms with E-state index in [4.69, 9.17) is 22.1 Å². The van der Waals surface area contributed by atoms with Gasteiger partial charge in [-0.25, -0.2) is 4.39 Å². The lowest BCUT2D eigenvalue weighted by molar-refractivity contribution is 0.357. The largest absolute Gasteiger partial charge is 0.493 e. The average molecular weight is 278 g/mol. The van der Waals surface area contributed by atoms with Gasteiger partial charge in [0.1, 0.15) is 11.6 Å². The highest BCUT2D eigenvalue weighted by molar-refractivity contribution is 6.30. The van der Waals surface area contributed by atoms with E-state index in [0.29, 0.717) is 0 Å². The Hall–Kier alpha value is -1.58. The van der Waals surface area contributed by atoms with Crippen molar-refractivity contribution in [2.75, 3.05) is 6.61 Å². The Balaban J connectivity index is 1.94. The Labute approximate surface area is 115 Å². The van der Waals surface area contributed by atoms with Crippen molar-refractivity contribution in [1.82, 2.24) is 0 Å². The van der Waals surface area contributed by atoms with E-state index < -0.39 is 5.82 Å². The molecule has 0 amide bonds. The van der Waals surface area contributed by atoms with Crippen LogP contribution >= 0.6 is 11.6 Å². The van der Waals surface area contributed by atoms with E-state index in [2.05, 4.69) is 0 Å². The molecule has 0 spiro atoms. The summed E-state index contributed by atoms with van der Waals surface area (Å²) in [7, 11) is 0. The molecule has 2 aromatic carbocycles. The minimum Gasteiger partial charge on any atom is -0.493 e. The van der Waals surface area contributed by atoms with Gasteiger partial charge in [0.25, 0.3) is 0 Å². The number of hydrogen-bond acceptors (Lipinski definition) is 2. The molecule has 2 N–H and O–H groups in total. The molecule has 1 heterocycles. The number of benzene rings is 2. The summed E-state index contributed by atoms with van der Waals surface area (Å²) in [6.45, 7) is 0.719. The van der Waals surface area contributed by atoms with Gasteiger partial charge in [0.15, 0.2) is 0 Å². The molecule has 98 valence electrons. The van der Waals surface area contributed by atoms with Crippen LogP contribution in [0.25, 0.3) is 0 Å². The third-order valence-electron chi connectivity index (χ3n) is 3.38. The number of hydrogen-bond donors (Lipinski definition) is 1. The van der Waals surface area contributed by atoms with Gasteiger partial charge in [0.05, 0.1) is 17.7 Å². The van der Waals surface area contributed by atoms with Crippen molar-refractivity contribution in [3.8, 4) is 5.75 Å². The van der Waals surface area contributed by atoms with E-state index in [1.54, 1.807) is 12.1 Å². The highest BCUT2D eigenvalue weighted by atomic mass is 35.5. The summed E-state index contributed by atoms with van der Waals surface area (Å²) in [5.41, 5.74) is 9.15. The lowest BCUT2D eigenvalue weighted by atomic mass is 9.97. The highest BCUT2D eigenvalue weighted by Crippen LogP contribution is 2.30. The molecule has 1 atom stereocenters. The van der Waals surface area contributed by atoms with Gasteiger partial charge in [-0.1, -0.05) is 29.8 Å². The second-order valence-electron chi connectivity index (χ2n) is 4.62. The zero-order valence-corrected chi connectivity index (χ0v) is 11.0. The van der Waals surface area contributed by atoms with E-state index >= 15 is 0 Å². The summed E-state index contributed by atoms with van der Waals surface area (Å²) in [6.07, 6.45) is 0.903. The molecule has 0 aliphatic carbocycles. The molecular weight excluding hydrogens is 265 g/mol. The summed E-state index contributed by atoms with van der Waals surface area (Å²) >= 11 is 5.79. The maximum atomic E-state index is 13.2. The number of fused-ring (bicyclic) bond motifs is 1. The third-order valence-corrected chi connectivity index (χ3v) is 3.67. The van der Waals surface area contributed by atoms with Gasteiger partial charge in [0, 0.05) is 6.42 Å². The molecule has 3 rings (SSSR count). The molecule has 0 saturated heterocycles. The lowest BCUT2D eigenvalue weighted by Gasteiger charge is -2.14. The van der Waals surface area contributed by atoms with E-state index in [1.165, 1.54) is 11.6 Å². The summed E-state index contributed by atoms with van der Waals surface area (Å²) in [5.74, 6) is 0.494. The first-order valence-corrected chi connectivity index (χ1v) is 6.49. The predicted octanol–water partition coefficient (Wildman–Crippen LogP) is 3.46. The summed E-state index contributed by atoms with van der Waals surface area (Å²) < 4.78 is 18.6. The van der Waals surface area contributed by atoms with Crippen LogP contribution in [0.2, 0.25) is 5.02 Å². The van der Waals surface area contributed by atoms with Gasteiger partial charge < -0.3 is 10.5 Å². The molecule has 0 saturated carbocycles. The molecule has 2 nitrogen and oxygen atoms in total. The second kappa shape index (κ2) is 4.83. The number of ether oxygens (including phenoxy) is 1. The van der Waals surface area contributed by atoms with Crippen LogP contribution in [0.15, 0.2) is 36.4 Å². The van der Waals surface area contributed by atoms with E-state index in [0.717, 1.165) is 29.9 Å². The van der Waals surface area contributed by atoms with Gasteiger partial charge in [-0.2, -0.15) is 0 Å². The first-order valence-electron chi connectivity index (χ1n) is 6.11. The minimum absolute atomic E-state index is 0.0949. The Kier molecular flexibility index (Phi) is 3.17. The summed E-state index contributed by atoms with van der Waals surface area (Å²) in [5, 5.41) is 0.0949. The maximum absolute atomic E-state index is 13.2. The predicted molar refractivity (Wildman–Crippen MR) is 73.1 cm³/mol. The first kappa shape index (κ1) is 12.5. The monoisotopic (exact) mass is 277 g/mol. The molecule has 1 unspecified atom stereocenters. The van der Waals surface area contributed by atoms with Crippen LogP contribution in [0.1, 0.15) is 22.7 Å². The van der Waals surface area contributed by atoms with Crippen molar-refractivity contribution < 1.29 is 9.13 Å². The molecular formula is C15H13ClFNO. The Morgan fingerprint density at radius 1 is 1.16 bits per heavy atom. The number of halogens is 2. The lowest BCUT2D eigenvalue weighted by Crippen LogP contribution is -2.12. The van der Waals surface area contributed by atoms with E-state index in [9.17, 15) is 4.39 Å². The molecule has 0 radical (unpaired) electrons. The van der Waals surface area contributed by atoms with Gasteiger partial charge in [-0.3, -0.25) is 0 Å². The number of rotatable bonds is 2. The van der Waals surface area contributed by atoms with Gasteiger partial charge in [0.2, 0.25) is 0 Å². The van der Waals surface area contributed by atoms with Crippen molar-refractivity contribution in [3.05, 3.63) is 63.9 Å². The summed E-state index contributed by atoms with van der Waals surface area (Å²) in [6, 6.07) is 10.2. The van der Waals surface area contributed by atoms with Crippen LogP contribution in [0, 0.1) is 5.82 Å². The molecule has 0 fully saturated rings. The van der Waals surface area contributed by atoms with E-state index in [1.807, 2.05) is 18.2 Å². The first-order chi connectivity index (χ1) is 9.15. The van der Waals surface area contributed by atoms with Gasteiger partial charge >= 0.3 is 0 Å². The van der Waals surface area contributed by atoms with E-state index in [-0.39, 0.29) is 11.1 Å². The van der Waals surface area contributed by atoms with Crippen LogP contribution in [0.3, 0.4) is 0 Å². The second-order valence-corrected chi connectivity index (χ2v) is 5.02. The Bertz CT molecular complexity index is 630. The molecule has 1 aliphatic heterocycles. The molecule has 1 aliphatic rings. The highest BCUT2D eigenvalue weighted by Gasteiger charge is 2.16. The van der Waals surface area contributed by atoms with Gasteiger partial charge in [-0.05, 0) is 34.9 Å². The van der Waals surface area contributed by atoms with Crippen LogP contribution in [-0.4, -0.2) is 6.61 Å². The number of nitrogens with two attached hydrogens (primary N) is 1. The smallest absolute Gasteiger partial charge is 0.141 e. The zero-order chi connectivity index (χ0) is 13.4. The standard InChI is InChI=1S/C15H13ClFNO/c16-12-8-11(1-3-13(12)17)15(18)10-2-4-14-9(7-10)5-6-19-14/h1-4,7-8,15H,5-6,18H2. The fraction of sp³-hybridized carbons (Fsp3) is 0.200. The minimum atomic E-state index is -0.431. The van der Waals surface area contributed by atoms with Crippen LogP contribution in [0.4, 0.5) is 4.39 Å². The average Bonchev–Trinajstić information content (AvgIpc) is 2.88. The zero-order valence-electron chi connectivity index (χ0n) is 10.2. The molecule has 0 bridgehead atoms. The van der Waals surface area contributed by atoms with Crippen molar-refractivity contribution >= 4 is 11.6 Å². The van der Waals surface area contributed by atoms with Crippen molar-refractivity contribution in [2.45, 2.75) is 12.5 Å². The maximum Gasteiger partial charge on any atom is 0.141 e. The third kappa shape index (κ3) is 2.31.